The Hall–Kier alpha value is -8.06. The third-order valence-corrected chi connectivity index (χ3v) is 13.4. The zero-order chi connectivity index (χ0) is 40.7. The van der Waals surface area contributed by atoms with Crippen LogP contribution in [0.15, 0.2) is 231 Å². The summed E-state index contributed by atoms with van der Waals surface area (Å²) in [6.45, 7) is 0. The van der Waals surface area contributed by atoms with Crippen LogP contribution in [0.1, 0.15) is 0 Å². The zero-order valence-corrected chi connectivity index (χ0v) is 33.9. The third-order valence-electron chi connectivity index (χ3n) is 13.4. The van der Waals surface area contributed by atoms with Crippen molar-refractivity contribution in [3.8, 4) is 66.8 Å². The van der Waals surface area contributed by atoms with Crippen LogP contribution in [0.5, 0.6) is 0 Å². The Morgan fingerprint density at radius 3 is 0.968 bits per heavy atom. The van der Waals surface area contributed by atoms with Crippen LogP contribution in [0.25, 0.3) is 131 Å². The minimum atomic E-state index is 1.20. The first kappa shape index (κ1) is 34.8. The van der Waals surface area contributed by atoms with Crippen LogP contribution in [-0.2, 0) is 0 Å². The second-order valence-electron chi connectivity index (χ2n) is 16.8. The van der Waals surface area contributed by atoms with Crippen LogP contribution >= 0.6 is 0 Å². The molecule has 62 heavy (non-hydrogen) atoms. The fourth-order valence-electron chi connectivity index (χ4n) is 10.3. The Labute approximate surface area is 360 Å². The molecule has 0 aromatic heterocycles. The van der Waals surface area contributed by atoms with Gasteiger partial charge in [0.05, 0.1) is 0 Å². The second kappa shape index (κ2) is 13.7. The highest BCUT2D eigenvalue weighted by Crippen LogP contribution is 2.43. The highest BCUT2D eigenvalue weighted by Gasteiger charge is 2.16. The minimum absolute atomic E-state index is 1.20. The van der Waals surface area contributed by atoms with Gasteiger partial charge in [0.25, 0.3) is 0 Å². The molecule has 13 aromatic rings. The van der Waals surface area contributed by atoms with Gasteiger partial charge in [0, 0.05) is 0 Å². The molecular formula is C62H38. The molecule has 286 valence electrons. The Kier molecular flexibility index (Phi) is 7.71. The van der Waals surface area contributed by atoms with Gasteiger partial charge in [-0.05, 0) is 137 Å². The van der Waals surface area contributed by atoms with Gasteiger partial charge in [-0.25, -0.2) is 0 Å². The van der Waals surface area contributed by atoms with E-state index in [9.17, 15) is 0 Å². The van der Waals surface area contributed by atoms with Gasteiger partial charge in [-0.2, -0.15) is 0 Å². The molecule has 13 aromatic carbocycles. The van der Waals surface area contributed by atoms with Crippen molar-refractivity contribution in [3.63, 3.8) is 0 Å². The van der Waals surface area contributed by atoms with E-state index in [1.54, 1.807) is 0 Å². The summed E-state index contributed by atoms with van der Waals surface area (Å²) < 4.78 is 0. The zero-order valence-electron chi connectivity index (χ0n) is 33.9. The summed E-state index contributed by atoms with van der Waals surface area (Å²) in [6.07, 6.45) is 0. The first-order valence-electron chi connectivity index (χ1n) is 21.6. The van der Waals surface area contributed by atoms with Crippen molar-refractivity contribution in [1.82, 2.24) is 0 Å². The van der Waals surface area contributed by atoms with Crippen LogP contribution in [0.4, 0.5) is 0 Å². The number of rotatable bonds is 6. The predicted octanol–water partition coefficient (Wildman–Crippen LogP) is 17.5. The van der Waals surface area contributed by atoms with Gasteiger partial charge in [0.15, 0.2) is 0 Å². The van der Waals surface area contributed by atoms with Gasteiger partial charge in [0.2, 0.25) is 0 Å². The van der Waals surface area contributed by atoms with Gasteiger partial charge in [-0.1, -0.05) is 224 Å². The van der Waals surface area contributed by atoms with Crippen LogP contribution in [0, 0.1) is 0 Å². The number of hydrogen-bond donors (Lipinski definition) is 0. The van der Waals surface area contributed by atoms with Gasteiger partial charge in [-0.3, -0.25) is 0 Å². The first-order chi connectivity index (χ1) is 30.7. The van der Waals surface area contributed by atoms with Gasteiger partial charge >= 0.3 is 0 Å². The van der Waals surface area contributed by atoms with E-state index in [1.807, 2.05) is 0 Å². The molecule has 13 rings (SSSR count). The molecular weight excluding hydrogens is 745 g/mol. The van der Waals surface area contributed by atoms with E-state index in [0.29, 0.717) is 0 Å². The van der Waals surface area contributed by atoms with E-state index in [-0.39, 0.29) is 0 Å². The fourth-order valence-corrected chi connectivity index (χ4v) is 10.3. The molecule has 0 atom stereocenters. The van der Waals surface area contributed by atoms with Crippen LogP contribution in [0.3, 0.4) is 0 Å². The molecule has 0 bridgehead atoms. The van der Waals surface area contributed by atoms with E-state index in [1.165, 1.54) is 131 Å². The van der Waals surface area contributed by atoms with Crippen molar-refractivity contribution in [2.45, 2.75) is 0 Å². The maximum absolute atomic E-state index is 2.38. The van der Waals surface area contributed by atoms with E-state index in [4.69, 9.17) is 0 Å². The van der Waals surface area contributed by atoms with Gasteiger partial charge < -0.3 is 0 Å². The monoisotopic (exact) mass is 782 g/mol. The van der Waals surface area contributed by atoms with E-state index < -0.39 is 0 Å². The molecule has 0 fully saturated rings. The molecule has 0 amide bonds. The molecule has 0 radical (unpaired) electrons. The largest absolute Gasteiger partial charge is 0.0622 e. The lowest BCUT2D eigenvalue weighted by atomic mass is 9.87. The molecule has 0 saturated heterocycles. The van der Waals surface area contributed by atoms with Crippen LogP contribution < -0.4 is 0 Å². The van der Waals surface area contributed by atoms with E-state index in [0.717, 1.165) is 0 Å². The SMILES string of the molecule is c1ccc(-c2ccc(-c3cc(-c4ccc(-c5ccc6ccc7cccc8ccc5c6c78)cc4)ccc3-c3ccc(-c4ccc5ccc6cccc7ccc4c5c67)cc3)cc2)cc1. The molecule has 0 aliphatic heterocycles. The van der Waals surface area contributed by atoms with Crippen molar-refractivity contribution in [1.29, 1.82) is 0 Å². The first-order valence-corrected chi connectivity index (χ1v) is 21.6. The summed E-state index contributed by atoms with van der Waals surface area (Å²) >= 11 is 0. The highest BCUT2D eigenvalue weighted by atomic mass is 14.2. The van der Waals surface area contributed by atoms with Crippen LogP contribution in [0.2, 0.25) is 0 Å². The average Bonchev–Trinajstić information content (AvgIpc) is 3.35. The lowest BCUT2D eigenvalue weighted by molar-refractivity contribution is 1.55. The maximum atomic E-state index is 2.38. The van der Waals surface area contributed by atoms with Gasteiger partial charge in [0.1, 0.15) is 0 Å². The Bertz CT molecular complexity index is 3770. The smallest absolute Gasteiger partial charge is 0.00206 e. The molecule has 0 aliphatic carbocycles. The van der Waals surface area contributed by atoms with Crippen molar-refractivity contribution in [2.75, 3.05) is 0 Å². The molecule has 0 aliphatic rings. The quantitative estimate of drug-likeness (QED) is 0.147. The molecule has 0 unspecified atom stereocenters. The second-order valence-corrected chi connectivity index (χ2v) is 16.8. The third kappa shape index (κ3) is 5.47. The van der Waals surface area contributed by atoms with E-state index in [2.05, 4.69) is 231 Å². The fraction of sp³-hybridized carbons (Fsp3) is 0. The van der Waals surface area contributed by atoms with Crippen molar-refractivity contribution in [2.24, 2.45) is 0 Å². The summed E-state index contributed by atoms with van der Waals surface area (Å²) in [5, 5.41) is 15.8. The summed E-state index contributed by atoms with van der Waals surface area (Å²) in [6, 6.07) is 85.6. The molecule has 0 saturated carbocycles. The molecule has 0 N–H and O–H groups in total. The maximum Gasteiger partial charge on any atom is -0.00206 e. The Morgan fingerprint density at radius 2 is 0.484 bits per heavy atom. The predicted molar refractivity (Wildman–Crippen MR) is 266 cm³/mol. The lowest BCUT2D eigenvalue weighted by Crippen LogP contribution is -1.90. The topological polar surface area (TPSA) is 0 Å². The Morgan fingerprint density at radius 1 is 0.161 bits per heavy atom. The lowest BCUT2D eigenvalue weighted by Gasteiger charge is -2.16. The number of hydrogen-bond acceptors (Lipinski definition) is 0. The molecule has 0 nitrogen and oxygen atoms in total. The standard InChI is InChI=1S/C62H38/c1-2-6-39(7-3-1)40-12-18-45(19-13-40)58-38-52(41-14-16-42(17-15-41)53-33-28-50-26-24-46-8-4-10-48-30-36-56(53)61(50)59(46)48)32-35-55(58)44-22-20-43(21-23-44)54-34-29-51-27-25-47-9-5-11-49-31-37-57(54)62(51)60(47)49/h1-38H. The van der Waals surface area contributed by atoms with Crippen molar-refractivity contribution in [3.05, 3.63) is 231 Å². The molecule has 0 spiro atoms. The van der Waals surface area contributed by atoms with Crippen molar-refractivity contribution >= 4 is 64.6 Å². The van der Waals surface area contributed by atoms with Crippen molar-refractivity contribution < 1.29 is 0 Å². The average molecular weight is 783 g/mol. The van der Waals surface area contributed by atoms with Crippen LogP contribution in [-0.4, -0.2) is 0 Å². The summed E-state index contributed by atoms with van der Waals surface area (Å²) in [5.74, 6) is 0. The summed E-state index contributed by atoms with van der Waals surface area (Å²) in [4.78, 5) is 0. The highest BCUT2D eigenvalue weighted by molar-refractivity contribution is 6.26. The van der Waals surface area contributed by atoms with Gasteiger partial charge in [-0.15, -0.1) is 0 Å². The Balaban J connectivity index is 0.896. The minimum Gasteiger partial charge on any atom is -0.0622 e. The molecule has 0 heterocycles. The van der Waals surface area contributed by atoms with E-state index >= 15 is 0 Å². The molecule has 0 heteroatoms. The number of benzene rings is 13. The normalized spacial score (nSPS) is 11.9. The summed E-state index contributed by atoms with van der Waals surface area (Å²) in [5.41, 5.74) is 14.6. The summed E-state index contributed by atoms with van der Waals surface area (Å²) in [7, 11) is 0.